The van der Waals surface area contributed by atoms with E-state index in [1.54, 1.807) is 6.33 Å². The number of rotatable bonds is 4. The summed E-state index contributed by atoms with van der Waals surface area (Å²) in [6, 6.07) is 11.9. The highest BCUT2D eigenvalue weighted by Crippen LogP contribution is 2.26. The first-order valence-electron chi connectivity index (χ1n) is 6.41. The van der Waals surface area contributed by atoms with Gasteiger partial charge >= 0.3 is 0 Å². The van der Waals surface area contributed by atoms with Crippen molar-refractivity contribution in [2.45, 2.75) is 13.3 Å². The molecule has 0 aliphatic carbocycles. The minimum absolute atomic E-state index is 0.767. The first-order chi connectivity index (χ1) is 9.36. The van der Waals surface area contributed by atoms with Gasteiger partial charge in [0.1, 0.15) is 23.4 Å². The van der Waals surface area contributed by atoms with Gasteiger partial charge in [-0.1, -0.05) is 25.1 Å². The van der Waals surface area contributed by atoms with Crippen LogP contribution in [-0.2, 0) is 0 Å². The van der Waals surface area contributed by atoms with Gasteiger partial charge in [-0.05, 0) is 18.6 Å². The second kappa shape index (κ2) is 5.10. The monoisotopic (exact) mass is 253 g/mol. The van der Waals surface area contributed by atoms with Gasteiger partial charge in [0.05, 0.1) is 0 Å². The number of benzene rings is 1. The van der Waals surface area contributed by atoms with Crippen LogP contribution >= 0.6 is 0 Å². The Morgan fingerprint density at radius 2 is 2.05 bits per heavy atom. The van der Waals surface area contributed by atoms with Crippen LogP contribution in [0.2, 0.25) is 0 Å². The van der Waals surface area contributed by atoms with Gasteiger partial charge < -0.3 is 9.73 Å². The fraction of sp³-hybridized carbons (Fsp3) is 0.200. The van der Waals surface area contributed by atoms with Crippen LogP contribution in [0, 0.1) is 0 Å². The molecule has 3 aromatic rings. The maximum Gasteiger partial charge on any atom is 0.153 e. The number of anilines is 1. The normalized spacial score (nSPS) is 10.8. The average molecular weight is 253 g/mol. The molecule has 2 aromatic heterocycles. The number of para-hydroxylation sites is 1. The van der Waals surface area contributed by atoms with Gasteiger partial charge in [0.25, 0.3) is 0 Å². The van der Waals surface area contributed by atoms with E-state index in [0.717, 1.165) is 41.2 Å². The third-order valence-electron chi connectivity index (χ3n) is 2.90. The molecule has 0 saturated carbocycles. The molecule has 3 rings (SSSR count). The van der Waals surface area contributed by atoms with E-state index in [0.29, 0.717) is 0 Å². The number of furan rings is 1. The molecule has 0 bridgehead atoms. The maximum absolute atomic E-state index is 5.80. The van der Waals surface area contributed by atoms with Gasteiger partial charge in [0, 0.05) is 18.0 Å². The fourth-order valence-electron chi connectivity index (χ4n) is 1.95. The Bertz CT molecular complexity index is 657. The molecule has 2 heterocycles. The molecule has 1 aromatic carbocycles. The molecule has 0 spiro atoms. The van der Waals surface area contributed by atoms with Gasteiger partial charge in [-0.2, -0.15) is 0 Å². The second-order valence-corrected chi connectivity index (χ2v) is 4.36. The lowest BCUT2D eigenvalue weighted by molar-refractivity contribution is 0.628. The Hall–Kier alpha value is -2.36. The lowest BCUT2D eigenvalue weighted by Crippen LogP contribution is -2.02. The largest absolute Gasteiger partial charge is 0.454 e. The summed E-state index contributed by atoms with van der Waals surface area (Å²) in [4.78, 5) is 8.46. The molecule has 0 unspecified atom stereocenters. The molecule has 4 heteroatoms. The van der Waals surface area contributed by atoms with Crippen LogP contribution in [0.1, 0.15) is 13.3 Å². The summed E-state index contributed by atoms with van der Waals surface area (Å²) in [5, 5.41) is 4.33. The molecule has 0 amide bonds. The van der Waals surface area contributed by atoms with E-state index in [1.807, 2.05) is 36.4 Å². The van der Waals surface area contributed by atoms with E-state index in [2.05, 4.69) is 22.2 Å². The summed E-state index contributed by atoms with van der Waals surface area (Å²) in [7, 11) is 0. The molecule has 4 nitrogen and oxygen atoms in total. The molecule has 96 valence electrons. The standard InChI is InChI=1S/C15H15N3O/c1-2-7-16-15-9-12(17-10-18-15)14-8-11-5-3-4-6-13(11)19-14/h3-6,8-10H,2,7H2,1H3,(H,16,17,18). The topological polar surface area (TPSA) is 51.0 Å². The first-order valence-corrected chi connectivity index (χ1v) is 6.41. The Labute approximate surface area is 111 Å². The number of nitrogens with one attached hydrogen (secondary N) is 1. The van der Waals surface area contributed by atoms with Crippen molar-refractivity contribution in [2.24, 2.45) is 0 Å². The van der Waals surface area contributed by atoms with Crippen LogP contribution in [0.25, 0.3) is 22.4 Å². The Kier molecular flexibility index (Phi) is 3.14. The lowest BCUT2D eigenvalue weighted by Gasteiger charge is -2.03. The highest BCUT2D eigenvalue weighted by atomic mass is 16.3. The van der Waals surface area contributed by atoms with Crippen molar-refractivity contribution in [3.63, 3.8) is 0 Å². The van der Waals surface area contributed by atoms with Crippen LogP contribution in [0.5, 0.6) is 0 Å². The van der Waals surface area contributed by atoms with E-state index in [9.17, 15) is 0 Å². The summed E-state index contributed by atoms with van der Waals surface area (Å²) in [6.07, 6.45) is 2.62. The quantitative estimate of drug-likeness (QED) is 0.770. The second-order valence-electron chi connectivity index (χ2n) is 4.36. The molecule has 19 heavy (non-hydrogen) atoms. The molecule has 0 fully saturated rings. The number of hydrogen-bond donors (Lipinski definition) is 1. The van der Waals surface area contributed by atoms with Gasteiger partial charge in [0.15, 0.2) is 5.76 Å². The molecular formula is C15H15N3O. The smallest absolute Gasteiger partial charge is 0.153 e. The zero-order valence-electron chi connectivity index (χ0n) is 10.8. The SMILES string of the molecule is CCCNc1cc(-c2cc3ccccc3o2)ncn1. The van der Waals surface area contributed by atoms with E-state index in [-0.39, 0.29) is 0 Å². The Morgan fingerprint density at radius 1 is 1.16 bits per heavy atom. The molecule has 0 radical (unpaired) electrons. The molecule has 0 saturated heterocycles. The van der Waals surface area contributed by atoms with Crippen LogP contribution < -0.4 is 5.32 Å². The third kappa shape index (κ3) is 2.42. The van der Waals surface area contributed by atoms with Gasteiger partial charge in [0.2, 0.25) is 0 Å². The molecule has 0 aliphatic heterocycles. The zero-order chi connectivity index (χ0) is 13.1. The number of fused-ring (bicyclic) bond motifs is 1. The Balaban J connectivity index is 1.96. The van der Waals surface area contributed by atoms with Crippen LogP contribution in [0.4, 0.5) is 5.82 Å². The van der Waals surface area contributed by atoms with E-state index in [1.165, 1.54) is 0 Å². The van der Waals surface area contributed by atoms with Crippen molar-refractivity contribution in [1.29, 1.82) is 0 Å². The summed E-state index contributed by atoms with van der Waals surface area (Å²) in [5.74, 6) is 1.59. The fourth-order valence-corrected chi connectivity index (χ4v) is 1.95. The number of aromatic nitrogens is 2. The highest BCUT2D eigenvalue weighted by Gasteiger charge is 2.08. The van der Waals surface area contributed by atoms with Gasteiger partial charge in [-0.3, -0.25) is 0 Å². The highest BCUT2D eigenvalue weighted by molar-refractivity contribution is 5.82. The Morgan fingerprint density at radius 3 is 2.89 bits per heavy atom. The molecule has 1 N–H and O–H groups in total. The summed E-state index contributed by atoms with van der Waals surface area (Å²) >= 11 is 0. The van der Waals surface area contributed by atoms with E-state index in [4.69, 9.17) is 4.42 Å². The first kappa shape index (κ1) is 11.7. The predicted octanol–water partition coefficient (Wildman–Crippen LogP) is 3.71. The van der Waals surface area contributed by atoms with Crippen molar-refractivity contribution < 1.29 is 4.42 Å². The predicted molar refractivity (Wildman–Crippen MR) is 76.0 cm³/mol. The van der Waals surface area contributed by atoms with Crippen LogP contribution in [-0.4, -0.2) is 16.5 Å². The van der Waals surface area contributed by atoms with Crippen molar-refractivity contribution in [2.75, 3.05) is 11.9 Å². The summed E-state index contributed by atoms with van der Waals surface area (Å²) in [6.45, 7) is 3.02. The molecule has 0 atom stereocenters. The van der Waals surface area contributed by atoms with Crippen LogP contribution in [0.3, 0.4) is 0 Å². The minimum Gasteiger partial charge on any atom is -0.454 e. The van der Waals surface area contributed by atoms with Crippen molar-refractivity contribution in [3.8, 4) is 11.5 Å². The average Bonchev–Trinajstić information content (AvgIpc) is 2.89. The van der Waals surface area contributed by atoms with Crippen molar-refractivity contribution in [3.05, 3.63) is 42.7 Å². The zero-order valence-corrected chi connectivity index (χ0v) is 10.8. The van der Waals surface area contributed by atoms with Gasteiger partial charge in [-0.25, -0.2) is 9.97 Å². The van der Waals surface area contributed by atoms with Crippen molar-refractivity contribution in [1.82, 2.24) is 9.97 Å². The van der Waals surface area contributed by atoms with Crippen LogP contribution in [0.15, 0.2) is 47.1 Å². The maximum atomic E-state index is 5.80. The third-order valence-corrected chi connectivity index (χ3v) is 2.90. The van der Waals surface area contributed by atoms with Gasteiger partial charge in [-0.15, -0.1) is 0 Å². The van der Waals surface area contributed by atoms with Crippen molar-refractivity contribution >= 4 is 16.8 Å². The molecular weight excluding hydrogens is 238 g/mol. The minimum atomic E-state index is 0.767. The van der Waals surface area contributed by atoms with E-state index >= 15 is 0 Å². The van der Waals surface area contributed by atoms with E-state index < -0.39 is 0 Å². The summed E-state index contributed by atoms with van der Waals surface area (Å²) < 4.78 is 5.80. The number of hydrogen-bond acceptors (Lipinski definition) is 4. The number of nitrogens with zero attached hydrogens (tertiary/aromatic N) is 2. The summed E-state index contributed by atoms with van der Waals surface area (Å²) in [5.41, 5.74) is 1.67. The molecule has 0 aliphatic rings. The lowest BCUT2D eigenvalue weighted by atomic mass is 10.2.